The van der Waals surface area contributed by atoms with Gasteiger partial charge < -0.3 is 24.5 Å². The number of aromatic amines is 1. The standard InChI is InChI=1S/C22H22N4O4/c1-12(2)30-22(28)13-5-4-6-14(9-13)26-11-18(27)19(20(26)23)21-24-16-8-7-15(29-3)10-17(16)25-21/h4-10,12,23,27H,11H2,1-3H3,(H,24,25). The Labute approximate surface area is 173 Å². The lowest BCUT2D eigenvalue weighted by Crippen LogP contribution is -2.26. The number of amidine groups is 1. The number of H-pyrrole nitrogens is 1. The van der Waals surface area contributed by atoms with Gasteiger partial charge in [-0.3, -0.25) is 5.41 Å². The van der Waals surface area contributed by atoms with Crippen LogP contribution in [-0.2, 0) is 4.74 Å². The molecule has 3 aromatic rings. The third-order valence-electron chi connectivity index (χ3n) is 4.77. The van der Waals surface area contributed by atoms with Crippen molar-refractivity contribution in [1.82, 2.24) is 9.97 Å². The van der Waals surface area contributed by atoms with Gasteiger partial charge in [-0.2, -0.15) is 0 Å². The van der Waals surface area contributed by atoms with Crippen LogP contribution in [0.5, 0.6) is 5.75 Å². The number of nitrogens with zero attached hydrogens (tertiary/aromatic N) is 2. The maximum atomic E-state index is 12.2. The predicted octanol–water partition coefficient (Wildman–Crippen LogP) is 3.90. The number of aliphatic hydroxyl groups is 1. The zero-order chi connectivity index (χ0) is 21.4. The minimum atomic E-state index is -0.429. The smallest absolute Gasteiger partial charge is 0.338 e. The maximum Gasteiger partial charge on any atom is 0.338 e. The number of fused-ring (bicyclic) bond motifs is 1. The van der Waals surface area contributed by atoms with Gasteiger partial charge in [0.2, 0.25) is 0 Å². The van der Waals surface area contributed by atoms with Crippen LogP contribution in [0.1, 0.15) is 30.0 Å². The van der Waals surface area contributed by atoms with Crippen molar-refractivity contribution in [2.75, 3.05) is 18.6 Å². The van der Waals surface area contributed by atoms with E-state index in [0.29, 0.717) is 33.9 Å². The van der Waals surface area contributed by atoms with Crippen LogP contribution in [0, 0.1) is 5.41 Å². The molecule has 0 atom stereocenters. The number of ether oxygens (including phenoxy) is 2. The van der Waals surface area contributed by atoms with Gasteiger partial charge in [0.1, 0.15) is 23.2 Å². The number of methoxy groups -OCH3 is 1. The summed E-state index contributed by atoms with van der Waals surface area (Å²) in [7, 11) is 1.59. The van der Waals surface area contributed by atoms with E-state index in [1.807, 2.05) is 12.1 Å². The van der Waals surface area contributed by atoms with Crippen molar-refractivity contribution in [2.24, 2.45) is 0 Å². The molecule has 0 amide bonds. The third-order valence-corrected chi connectivity index (χ3v) is 4.77. The molecule has 0 radical (unpaired) electrons. The van der Waals surface area contributed by atoms with Crippen molar-refractivity contribution in [3.8, 4) is 5.75 Å². The first kappa shape index (κ1) is 19.5. The van der Waals surface area contributed by atoms with E-state index in [4.69, 9.17) is 14.9 Å². The molecule has 0 fully saturated rings. The zero-order valence-corrected chi connectivity index (χ0v) is 16.9. The van der Waals surface area contributed by atoms with Gasteiger partial charge in [-0.1, -0.05) is 6.07 Å². The molecular weight excluding hydrogens is 384 g/mol. The Hall–Kier alpha value is -3.81. The fraction of sp³-hybridized carbons (Fsp3) is 0.227. The molecule has 0 spiro atoms. The van der Waals surface area contributed by atoms with Crippen LogP contribution in [0.25, 0.3) is 16.6 Å². The molecule has 30 heavy (non-hydrogen) atoms. The summed E-state index contributed by atoms with van der Waals surface area (Å²) in [5.74, 6) is 0.776. The lowest BCUT2D eigenvalue weighted by Gasteiger charge is -2.19. The molecule has 8 heteroatoms. The van der Waals surface area contributed by atoms with Crippen molar-refractivity contribution < 1.29 is 19.4 Å². The number of esters is 1. The molecule has 0 unspecified atom stereocenters. The average Bonchev–Trinajstić information content (AvgIpc) is 3.26. The SMILES string of the molecule is COc1ccc2nc(C3=C(O)CN(c4cccc(C(=O)OC(C)C)c4)C3=N)[nH]c2c1. The summed E-state index contributed by atoms with van der Waals surface area (Å²) in [6.07, 6.45) is -0.227. The topological polar surface area (TPSA) is 112 Å². The van der Waals surface area contributed by atoms with E-state index in [1.165, 1.54) is 0 Å². The molecule has 2 aromatic carbocycles. The first-order valence-corrected chi connectivity index (χ1v) is 9.51. The minimum Gasteiger partial charge on any atom is -0.509 e. The van der Waals surface area contributed by atoms with Gasteiger partial charge in [0.25, 0.3) is 0 Å². The van der Waals surface area contributed by atoms with E-state index >= 15 is 0 Å². The maximum absolute atomic E-state index is 12.2. The van der Waals surface area contributed by atoms with Gasteiger partial charge in [-0.05, 0) is 44.2 Å². The van der Waals surface area contributed by atoms with Gasteiger partial charge in [0, 0.05) is 11.8 Å². The van der Waals surface area contributed by atoms with E-state index in [9.17, 15) is 9.90 Å². The van der Waals surface area contributed by atoms with Crippen molar-refractivity contribution in [2.45, 2.75) is 20.0 Å². The van der Waals surface area contributed by atoms with Gasteiger partial charge in [-0.15, -0.1) is 0 Å². The Morgan fingerprint density at radius 2 is 2.07 bits per heavy atom. The summed E-state index contributed by atoms with van der Waals surface area (Å²) >= 11 is 0. The van der Waals surface area contributed by atoms with Crippen molar-refractivity contribution >= 4 is 34.1 Å². The number of imidazole rings is 1. The molecule has 3 N–H and O–H groups in total. The number of anilines is 1. The number of carbonyl (C=O) groups excluding carboxylic acids is 1. The van der Waals surface area contributed by atoms with E-state index in [1.54, 1.807) is 56.2 Å². The molecule has 154 valence electrons. The molecule has 0 saturated heterocycles. The van der Waals surface area contributed by atoms with Gasteiger partial charge in [0.05, 0.1) is 41.9 Å². The number of aliphatic hydroxyl groups excluding tert-OH is 1. The van der Waals surface area contributed by atoms with Crippen molar-refractivity contribution in [3.63, 3.8) is 0 Å². The van der Waals surface area contributed by atoms with E-state index in [2.05, 4.69) is 9.97 Å². The normalized spacial score (nSPS) is 14.1. The number of rotatable bonds is 5. The quantitative estimate of drug-likeness (QED) is 0.554. The third kappa shape index (κ3) is 3.47. The fourth-order valence-corrected chi connectivity index (χ4v) is 3.37. The number of hydrogen-bond donors (Lipinski definition) is 3. The number of hydrogen-bond acceptors (Lipinski definition) is 6. The summed E-state index contributed by atoms with van der Waals surface area (Å²) in [6.45, 7) is 3.68. The van der Waals surface area contributed by atoms with Crippen LogP contribution in [0.4, 0.5) is 5.69 Å². The van der Waals surface area contributed by atoms with Gasteiger partial charge in [0.15, 0.2) is 0 Å². The number of carbonyl (C=O) groups is 1. The second-order valence-electron chi connectivity index (χ2n) is 7.23. The largest absolute Gasteiger partial charge is 0.509 e. The van der Waals surface area contributed by atoms with Crippen LogP contribution >= 0.6 is 0 Å². The molecule has 0 bridgehead atoms. The first-order chi connectivity index (χ1) is 14.4. The van der Waals surface area contributed by atoms with Crippen LogP contribution in [0.15, 0.2) is 48.2 Å². The molecule has 0 saturated carbocycles. The molecule has 1 aromatic heterocycles. The fourth-order valence-electron chi connectivity index (χ4n) is 3.37. The van der Waals surface area contributed by atoms with E-state index in [0.717, 1.165) is 5.52 Å². The summed E-state index contributed by atoms with van der Waals surface area (Å²) in [4.78, 5) is 21.5. The Morgan fingerprint density at radius 1 is 1.27 bits per heavy atom. The summed E-state index contributed by atoms with van der Waals surface area (Å²) in [5, 5.41) is 19.2. The number of nitrogens with one attached hydrogen (secondary N) is 2. The van der Waals surface area contributed by atoms with Crippen LogP contribution in [0.2, 0.25) is 0 Å². The summed E-state index contributed by atoms with van der Waals surface area (Å²) < 4.78 is 10.5. The highest BCUT2D eigenvalue weighted by atomic mass is 16.5. The van der Waals surface area contributed by atoms with Crippen molar-refractivity contribution in [3.05, 3.63) is 59.6 Å². The predicted molar refractivity (Wildman–Crippen MR) is 114 cm³/mol. The summed E-state index contributed by atoms with van der Waals surface area (Å²) in [6, 6.07) is 12.2. The zero-order valence-electron chi connectivity index (χ0n) is 16.9. The second-order valence-corrected chi connectivity index (χ2v) is 7.23. The lowest BCUT2D eigenvalue weighted by atomic mass is 10.2. The second kappa shape index (κ2) is 7.55. The Morgan fingerprint density at radius 3 is 2.80 bits per heavy atom. The van der Waals surface area contributed by atoms with Crippen LogP contribution in [-0.4, -0.2) is 46.6 Å². The Balaban J connectivity index is 1.63. The van der Waals surface area contributed by atoms with Crippen molar-refractivity contribution in [1.29, 1.82) is 5.41 Å². The lowest BCUT2D eigenvalue weighted by molar-refractivity contribution is 0.0378. The Kier molecular flexibility index (Phi) is 4.91. The highest BCUT2D eigenvalue weighted by Crippen LogP contribution is 2.32. The average molecular weight is 406 g/mol. The monoisotopic (exact) mass is 406 g/mol. The van der Waals surface area contributed by atoms with Crippen LogP contribution < -0.4 is 9.64 Å². The number of benzene rings is 2. The first-order valence-electron chi connectivity index (χ1n) is 9.51. The molecule has 4 rings (SSSR count). The minimum absolute atomic E-state index is 0.0289. The molecule has 8 nitrogen and oxygen atoms in total. The Bertz CT molecular complexity index is 1180. The van der Waals surface area contributed by atoms with E-state index < -0.39 is 5.97 Å². The molecule has 0 aliphatic carbocycles. The van der Waals surface area contributed by atoms with E-state index in [-0.39, 0.29) is 24.2 Å². The van der Waals surface area contributed by atoms with Gasteiger partial charge in [-0.25, -0.2) is 9.78 Å². The molecule has 1 aliphatic rings. The highest BCUT2D eigenvalue weighted by Gasteiger charge is 2.31. The molecule has 2 heterocycles. The highest BCUT2D eigenvalue weighted by molar-refractivity contribution is 6.30. The van der Waals surface area contributed by atoms with Gasteiger partial charge >= 0.3 is 5.97 Å². The number of aromatic nitrogens is 2. The summed E-state index contributed by atoms with van der Waals surface area (Å²) in [5.41, 5.74) is 2.76. The van der Waals surface area contributed by atoms with Crippen LogP contribution in [0.3, 0.4) is 0 Å². The molecular formula is C22H22N4O4. The molecule has 1 aliphatic heterocycles.